The molecule has 1 rings (SSSR count). The second kappa shape index (κ2) is 3.04. The molecule has 0 aliphatic carbocycles. The molecule has 0 unspecified atom stereocenters. The fourth-order valence-corrected chi connectivity index (χ4v) is 1.25. The van der Waals surface area contributed by atoms with Gasteiger partial charge in [0, 0.05) is 5.56 Å². The van der Waals surface area contributed by atoms with E-state index in [0.717, 1.165) is 6.07 Å². The highest BCUT2D eigenvalue weighted by atomic mass is 32.2. The average molecular weight is 185 g/mol. The van der Waals surface area contributed by atoms with Crippen molar-refractivity contribution >= 4 is 16.4 Å². The smallest absolute Gasteiger partial charge is 0.285 e. The first-order valence-corrected chi connectivity index (χ1v) is 4.44. The van der Waals surface area contributed by atoms with Crippen molar-refractivity contribution in [3.63, 3.8) is 0 Å². The average Bonchev–Trinajstić information content (AvgIpc) is 2.03. The van der Waals surface area contributed by atoms with Crippen LogP contribution in [0.2, 0.25) is 0 Å². The summed E-state index contributed by atoms with van der Waals surface area (Å²) in [6, 6.07) is 4.98. The maximum Gasteiger partial charge on any atom is 0.294 e. The number of rotatable bonds is 2. The summed E-state index contributed by atoms with van der Waals surface area (Å²) in [6.45, 7) is 0. The van der Waals surface area contributed by atoms with Crippen LogP contribution in [-0.4, -0.2) is 19.3 Å². The molecule has 0 aromatic heterocycles. The highest BCUT2D eigenvalue weighted by Gasteiger charge is 2.08. The van der Waals surface area contributed by atoms with Gasteiger partial charge in [-0.1, -0.05) is 12.1 Å². The maximum atomic E-state index is 10.5. The predicted molar refractivity (Wildman–Crippen MR) is 41.1 cm³/mol. The largest absolute Gasteiger partial charge is 0.294 e. The Morgan fingerprint density at radius 1 is 1.33 bits per heavy atom. The zero-order valence-corrected chi connectivity index (χ0v) is 6.71. The molecule has 0 heterocycles. The highest BCUT2D eigenvalue weighted by molar-refractivity contribution is 7.85. The normalized spacial score (nSPS) is 11.1. The molecule has 0 atom stereocenters. The van der Waals surface area contributed by atoms with Crippen molar-refractivity contribution in [3.8, 4) is 0 Å². The van der Waals surface area contributed by atoms with E-state index in [1.807, 2.05) is 0 Å². The summed E-state index contributed by atoms with van der Waals surface area (Å²) in [7, 11) is -4.21. The molecule has 12 heavy (non-hydrogen) atoms. The van der Waals surface area contributed by atoms with Gasteiger partial charge >= 0.3 is 0 Å². The first-order valence-electron chi connectivity index (χ1n) is 3.00. The molecule has 0 fully saturated rings. The third kappa shape index (κ3) is 1.90. The fourth-order valence-electron chi connectivity index (χ4n) is 0.720. The molecule has 0 saturated carbocycles. The summed E-state index contributed by atoms with van der Waals surface area (Å²) in [6.07, 6.45) is 1.51. The first kappa shape index (κ1) is 8.89. The van der Waals surface area contributed by atoms with E-state index in [1.54, 1.807) is 0 Å². The molecule has 63 valence electrons. The van der Waals surface area contributed by atoms with E-state index >= 15 is 0 Å². The van der Waals surface area contributed by atoms with Crippen molar-refractivity contribution in [3.05, 3.63) is 29.8 Å². The minimum absolute atomic E-state index is 0.0881. The minimum atomic E-state index is -4.21. The van der Waals surface area contributed by atoms with Crippen LogP contribution in [0.3, 0.4) is 0 Å². The third-order valence-corrected chi connectivity index (χ3v) is 2.10. The highest BCUT2D eigenvalue weighted by Crippen LogP contribution is 2.08. The monoisotopic (exact) mass is 185 g/mol. The van der Waals surface area contributed by atoms with E-state index in [1.165, 1.54) is 24.5 Å². The van der Waals surface area contributed by atoms with Crippen LogP contribution in [-0.2, 0) is 14.9 Å². The van der Waals surface area contributed by atoms with E-state index < -0.39 is 10.1 Å². The van der Waals surface area contributed by atoms with Crippen LogP contribution in [0.1, 0.15) is 5.56 Å². The molecule has 0 saturated heterocycles. The lowest BCUT2D eigenvalue weighted by Crippen LogP contribution is -1.98. The molecule has 0 aliphatic rings. The second-order valence-corrected chi connectivity index (χ2v) is 3.53. The van der Waals surface area contributed by atoms with Gasteiger partial charge in [-0.25, -0.2) is 0 Å². The van der Waals surface area contributed by atoms with Crippen molar-refractivity contribution in [2.75, 3.05) is 0 Å². The zero-order valence-electron chi connectivity index (χ0n) is 5.89. The van der Waals surface area contributed by atoms with Gasteiger partial charge in [0.1, 0.15) is 0 Å². The topological polar surface area (TPSA) is 71.4 Å². The van der Waals surface area contributed by atoms with Gasteiger partial charge < -0.3 is 0 Å². The lowest BCUT2D eigenvalue weighted by molar-refractivity contribution is 0.483. The van der Waals surface area contributed by atoms with Crippen LogP contribution in [0, 0.1) is 0 Å². The quantitative estimate of drug-likeness (QED) is 0.676. The molecular formula is C7H5O4S. The Bertz CT molecular complexity index is 394. The summed E-state index contributed by atoms with van der Waals surface area (Å²) in [5.41, 5.74) is 0.0881. The SMILES string of the molecule is O=[C]c1cccc(S(=O)(=O)O)c1. The summed E-state index contributed by atoms with van der Waals surface area (Å²) < 4.78 is 29.6. The molecule has 4 nitrogen and oxygen atoms in total. The van der Waals surface area contributed by atoms with Gasteiger partial charge in [-0.05, 0) is 12.1 Å². The van der Waals surface area contributed by atoms with Gasteiger partial charge in [0.05, 0.1) is 4.90 Å². The zero-order chi connectivity index (χ0) is 9.19. The van der Waals surface area contributed by atoms with Gasteiger partial charge in [0.2, 0.25) is 6.29 Å². The Morgan fingerprint density at radius 3 is 2.50 bits per heavy atom. The molecule has 1 N–H and O–H groups in total. The molecule has 1 aromatic carbocycles. The Morgan fingerprint density at radius 2 is 2.00 bits per heavy atom. The summed E-state index contributed by atoms with van der Waals surface area (Å²) in [4.78, 5) is 9.78. The van der Waals surface area contributed by atoms with Gasteiger partial charge in [0.25, 0.3) is 10.1 Å². The lowest BCUT2D eigenvalue weighted by Gasteiger charge is -1.95. The molecule has 0 aliphatic heterocycles. The van der Waals surface area contributed by atoms with Crippen molar-refractivity contribution < 1.29 is 17.8 Å². The molecule has 0 bridgehead atoms. The summed E-state index contributed by atoms with van der Waals surface area (Å²) in [5.74, 6) is 0. The van der Waals surface area contributed by atoms with Gasteiger partial charge in [-0.15, -0.1) is 0 Å². The van der Waals surface area contributed by atoms with Crippen LogP contribution in [0.4, 0.5) is 0 Å². The van der Waals surface area contributed by atoms with Crippen LogP contribution in [0.25, 0.3) is 0 Å². The molecule has 1 radical (unpaired) electrons. The second-order valence-electron chi connectivity index (χ2n) is 2.10. The van der Waals surface area contributed by atoms with E-state index in [0.29, 0.717) is 0 Å². The van der Waals surface area contributed by atoms with Crippen LogP contribution in [0.15, 0.2) is 29.2 Å². The standard InChI is InChI=1S/C7H5O4S/c8-5-6-2-1-3-7(4-6)12(9,10)11/h1-4H,(H,9,10,11). The lowest BCUT2D eigenvalue weighted by atomic mass is 10.2. The van der Waals surface area contributed by atoms with Gasteiger partial charge in [-0.2, -0.15) is 8.42 Å². The maximum absolute atomic E-state index is 10.5. The first-order chi connectivity index (χ1) is 5.54. The predicted octanol–water partition coefficient (Wildman–Crippen LogP) is 0.391. The van der Waals surface area contributed by atoms with Crippen molar-refractivity contribution in [2.24, 2.45) is 0 Å². The van der Waals surface area contributed by atoms with Crippen molar-refractivity contribution in [1.29, 1.82) is 0 Å². The van der Waals surface area contributed by atoms with Gasteiger partial charge in [0.15, 0.2) is 0 Å². The Kier molecular flexibility index (Phi) is 2.25. The van der Waals surface area contributed by atoms with E-state index in [2.05, 4.69) is 0 Å². The van der Waals surface area contributed by atoms with Crippen LogP contribution >= 0.6 is 0 Å². The summed E-state index contributed by atoms with van der Waals surface area (Å²) in [5, 5.41) is 0. The Hall–Kier alpha value is -1.20. The molecule has 1 aromatic rings. The van der Waals surface area contributed by atoms with E-state index in [9.17, 15) is 13.2 Å². The molecule has 0 spiro atoms. The minimum Gasteiger partial charge on any atom is -0.285 e. The molecule has 5 heteroatoms. The number of hydrogen-bond acceptors (Lipinski definition) is 3. The fraction of sp³-hybridized carbons (Fsp3) is 0. The number of benzene rings is 1. The number of hydrogen-bond donors (Lipinski definition) is 1. The van der Waals surface area contributed by atoms with Crippen molar-refractivity contribution in [2.45, 2.75) is 4.90 Å². The van der Waals surface area contributed by atoms with E-state index in [-0.39, 0.29) is 10.5 Å². The summed E-state index contributed by atoms with van der Waals surface area (Å²) >= 11 is 0. The Balaban J connectivity index is 3.29. The van der Waals surface area contributed by atoms with E-state index in [4.69, 9.17) is 4.55 Å². The third-order valence-electron chi connectivity index (χ3n) is 1.25. The van der Waals surface area contributed by atoms with Crippen LogP contribution in [0.5, 0.6) is 0 Å². The number of carbonyl (C=O) groups excluding carboxylic acids is 1. The Labute approximate surface area is 69.6 Å². The van der Waals surface area contributed by atoms with Gasteiger partial charge in [-0.3, -0.25) is 9.35 Å². The van der Waals surface area contributed by atoms with Crippen molar-refractivity contribution in [1.82, 2.24) is 0 Å². The molecular weight excluding hydrogens is 180 g/mol. The molecule has 0 amide bonds. The van der Waals surface area contributed by atoms with Crippen LogP contribution < -0.4 is 0 Å².